The molecule has 152 valence electrons. The van der Waals surface area contributed by atoms with Crippen molar-refractivity contribution in [2.75, 3.05) is 19.6 Å². The van der Waals surface area contributed by atoms with Gasteiger partial charge in [0.25, 0.3) is 0 Å². The minimum atomic E-state index is 0.0395. The van der Waals surface area contributed by atoms with Gasteiger partial charge in [-0.25, -0.2) is 4.98 Å². The van der Waals surface area contributed by atoms with Crippen molar-refractivity contribution in [3.8, 4) is 0 Å². The maximum Gasteiger partial charge on any atom is 0.0897 e. The van der Waals surface area contributed by atoms with Crippen molar-refractivity contribution in [2.24, 2.45) is 0 Å². The Morgan fingerprint density at radius 2 is 1.97 bits per heavy atom. The molecule has 0 atom stereocenters. The molecule has 0 amide bonds. The first-order valence-electron chi connectivity index (χ1n) is 10.7. The Labute approximate surface area is 176 Å². The molecule has 1 aromatic carbocycles. The molecule has 5 rings (SSSR count). The summed E-state index contributed by atoms with van der Waals surface area (Å²) in [5.41, 5.74) is 5.24. The monoisotopic (exact) mass is 407 g/mol. The summed E-state index contributed by atoms with van der Waals surface area (Å²) < 4.78 is 2.20. The zero-order valence-corrected chi connectivity index (χ0v) is 17.9. The van der Waals surface area contributed by atoms with Crippen LogP contribution >= 0.6 is 11.3 Å². The first-order chi connectivity index (χ1) is 14.2. The van der Waals surface area contributed by atoms with Crippen molar-refractivity contribution < 1.29 is 0 Å². The Hall–Kier alpha value is -2.02. The molecule has 0 aliphatic carbocycles. The van der Waals surface area contributed by atoms with E-state index in [1.54, 1.807) is 11.3 Å². The lowest BCUT2D eigenvalue weighted by Gasteiger charge is -2.41. The van der Waals surface area contributed by atoms with Crippen LogP contribution in [-0.4, -0.2) is 39.3 Å². The highest BCUT2D eigenvalue weighted by Crippen LogP contribution is 2.42. The van der Waals surface area contributed by atoms with E-state index in [-0.39, 0.29) is 5.41 Å². The summed E-state index contributed by atoms with van der Waals surface area (Å²) in [5.74, 6) is 0. The largest absolute Gasteiger partial charge is 0.311 e. The topological polar surface area (TPSA) is 46.0 Å². The number of piperidine rings is 1. The normalized spacial score (nSPS) is 19.6. The zero-order valence-electron chi connectivity index (χ0n) is 17.1. The van der Waals surface area contributed by atoms with Crippen molar-refractivity contribution in [1.82, 2.24) is 25.0 Å². The van der Waals surface area contributed by atoms with Gasteiger partial charge in [-0.3, -0.25) is 9.58 Å². The molecule has 29 heavy (non-hydrogen) atoms. The fourth-order valence-electron chi connectivity index (χ4n) is 4.85. The van der Waals surface area contributed by atoms with E-state index in [4.69, 9.17) is 10.1 Å². The Kier molecular flexibility index (Phi) is 5.24. The third-order valence-corrected chi connectivity index (χ3v) is 7.25. The van der Waals surface area contributed by atoms with Crippen molar-refractivity contribution in [3.63, 3.8) is 0 Å². The van der Waals surface area contributed by atoms with Crippen LogP contribution in [0, 0.1) is 6.92 Å². The van der Waals surface area contributed by atoms with Crippen LogP contribution in [0.2, 0.25) is 0 Å². The van der Waals surface area contributed by atoms with Gasteiger partial charge in [0.1, 0.15) is 0 Å². The van der Waals surface area contributed by atoms with Crippen LogP contribution in [0.15, 0.2) is 41.8 Å². The van der Waals surface area contributed by atoms with Gasteiger partial charge in [0, 0.05) is 30.4 Å². The van der Waals surface area contributed by atoms with Gasteiger partial charge in [-0.2, -0.15) is 5.10 Å². The molecule has 1 N–H and O–H groups in total. The Bertz CT molecular complexity index is 929. The first-order valence-corrected chi connectivity index (χ1v) is 11.6. The second-order valence-corrected chi connectivity index (χ2v) is 9.42. The van der Waals surface area contributed by atoms with Gasteiger partial charge in [-0.05, 0) is 57.5 Å². The number of thiazole rings is 1. The predicted molar refractivity (Wildman–Crippen MR) is 117 cm³/mol. The summed E-state index contributed by atoms with van der Waals surface area (Å²) in [5, 5.41) is 11.8. The molecule has 3 aromatic rings. The van der Waals surface area contributed by atoms with E-state index in [2.05, 4.69) is 63.6 Å². The molecule has 5 nitrogen and oxygen atoms in total. The highest BCUT2D eigenvalue weighted by atomic mass is 32.1. The van der Waals surface area contributed by atoms with E-state index in [0.29, 0.717) is 0 Å². The lowest BCUT2D eigenvalue weighted by atomic mass is 9.70. The molecule has 2 aliphatic heterocycles. The molecule has 2 aliphatic rings. The van der Waals surface area contributed by atoms with Gasteiger partial charge in [0.05, 0.1) is 22.1 Å². The van der Waals surface area contributed by atoms with Crippen LogP contribution in [0.4, 0.5) is 0 Å². The number of aromatic nitrogens is 3. The summed E-state index contributed by atoms with van der Waals surface area (Å²) in [7, 11) is 0. The number of hydrogen-bond donors (Lipinski definition) is 1. The number of hydrogen-bond acceptors (Lipinski definition) is 5. The van der Waals surface area contributed by atoms with Gasteiger partial charge in [0.2, 0.25) is 0 Å². The summed E-state index contributed by atoms with van der Waals surface area (Å²) in [4.78, 5) is 7.49. The second-order valence-electron chi connectivity index (χ2n) is 8.36. The maximum atomic E-state index is 4.92. The predicted octanol–water partition coefficient (Wildman–Crippen LogP) is 3.72. The number of likely N-dealkylation sites (tertiary alicyclic amines) is 1. The molecule has 1 fully saturated rings. The lowest BCUT2D eigenvalue weighted by molar-refractivity contribution is 0.168. The van der Waals surface area contributed by atoms with E-state index in [9.17, 15) is 0 Å². The maximum absolute atomic E-state index is 4.92. The molecule has 0 bridgehead atoms. The van der Waals surface area contributed by atoms with E-state index in [0.717, 1.165) is 63.5 Å². The minimum Gasteiger partial charge on any atom is -0.311 e. The van der Waals surface area contributed by atoms with E-state index in [1.807, 2.05) is 0 Å². The van der Waals surface area contributed by atoms with Gasteiger partial charge in [-0.15, -0.1) is 11.3 Å². The molecule has 6 heteroatoms. The molecule has 1 saturated heterocycles. The summed E-state index contributed by atoms with van der Waals surface area (Å²) >= 11 is 1.77. The van der Waals surface area contributed by atoms with Crippen LogP contribution in [0.5, 0.6) is 0 Å². The van der Waals surface area contributed by atoms with Crippen LogP contribution in [0.1, 0.15) is 46.9 Å². The lowest BCUT2D eigenvalue weighted by Crippen LogP contribution is -2.43. The van der Waals surface area contributed by atoms with Crippen molar-refractivity contribution in [2.45, 2.75) is 51.2 Å². The SMILES string of the molecule is Cc1nc(C2(c3ccccc3)CCN(Cc3cc4n(n3)CCCNC4)CC2)cs1. The Balaban J connectivity index is 1.33. The fraction of sp³-hybridized carbons (Fsp3) is 0.478. The number of nitrogens with zero attached hydrogens (tertiary/aromatic N) is 4. The van der Waals surface area contributed by atoms with Crippen molar-refractivity contribution in [1.29, 1.82) is 0 Å². The minimum absolute atomic E-state index is 0.0395. The summed E-state index contributed by atoms with van der Waals surface area (Å²) in [6.45, 7) is 8.26. The standard InChI is InChI=1S/C23H29N5S/c1-18-25-22(17-29-18)23(19-6-3-2-4-7-19)8-12-27(13-9-23)16-20-14-21-15-24-10-5-11-28(21)26-20/h2-4,6-7,14,17,24H,5,8-13,15-16H2,1H3. The van der Waals surface area contributed by atoms with Crippen LogP contribution in [-0.2, 0) is 25.0 Å². The number of aryl methyl sites for hydroxylation is 2. The average Bonchev–Trinajstić information content (AvgIpc) is 3.29. The average molecular weight is 408 g/mol. The Morgan fingerprint density at radius 3 is 2.72 bits per heavy atom. The van der Waals surface area contributed by atoms with E-state index >= 15 is 0 Å². The van der Waals surface area contributed by atoms with Crippen LogP contribution < -0.4 is 5.32 Å². The molecule has 4 heterocycles. The van der Waals surface area contributed by atoms with Crippen molar-refractivity contribution >= 4 is 11.3 Å². The number of fused-ring (bicyclic) bond motifs is 1. The van der Waals surface area contributed by atoms with Gasteiger partial charge in [0.15, 0.2) is 0 Å². The summed E-state index contributed by atoms with van der Waals surface area (Å²) in [6, 6.07) is 13.3. The second kappa shape index (κ2) is 8.01. The highest BCUT2D eigenvalue weighted by molar-refractivity contribution is 7.09. The first kappa shape index (κ1) is 19.0. The smallest absolute Gasteiger partial charge is 0.0897 e. The van der Waals surface area contributed by atoms with E-state index in [1.165, 1.54) is 22.6 Å². The number of nitrogens with one attached hydrogen (secondary N) is 1. The van der Waals surface area contributed by atoms with Gasteiger partial charge in [-0.1, -0.05) is 30.3 Å². The molecular weight excluding hydrogens is 378 g/mol. The van der Waals surface area contributed by atoms with Crippen molar-refractivity contribution in [3.05, 3.63) is 69.4 Å². The molecular formula is C23H29N5S. The fourth-order valence-corrected chi connectivity index (χ4v) is 5.57. The van der Waals surface area contributed by atoms with Crippen LogP contribution in [0.3, 0.4) is 0 Å². The quantitative estimate of drug-likeness (QED) is 0.716. The summed E-state index contributed by atoms with van der Waals surface area (Å²) in [6.07, 6.45) is 3.37. The Morgan fingerprint density at radius 1 is 1.14 bits per heavy atom. The molecule has 2 aromatic heterocycles. The zero-order chi connectivity index (χ0) is 19.7. The highest BCUT2D eigenvalue weighted by Gasteiger charge is 2.39. The van der Waals surface area contributed by atoms with Gasteiger partial charge < -0.3 is 5.32 Å². The third kappa shape index (κ3) is 3.77. The number of rotatable bonds is 4. The number of benzene rings is 1. The van der Waals surface area contributed by atoms with Gasteiger partial charge >= 0.3 is 0 Å². The van der Waals surface area contributed by atoms with E-state index < -0.39 is 0 Å². The molecule has 0 saturated carbocycles. The molecule has 0 unspecified atom stereocenters. The molecule has 0 radical (unpaired) electrons. The van der Waals surface area contributed by atoms with Crippen LogP contribution in [0.25, 0.3) is 0 Å². The third-order valence-electron chi connectivity index (χ3n) is 6.47. The molecule has 0 spiro atoms.